The first-order chi connectivity index (χ1) is 10.5. The second-order valence-corrected chi connectivity index (χ2v) is 7.36. The van der Waals surface area contributed by atoms with Crippen molar-refractivity contribution in [3.63, 3.8) is 0 Å². The van der Waals surface area contributed by atoms with Crippen LogP contribution < -0.4 is 10.6 Å². The van der Waals surface area contributed by atoms with Crippen LogP contribution in [-0.2, 0) is 0 Å². The number of non-ortho nitro benzene ring substituents is 1. The fraction of sp³-hybridized carbons (Fsp3) is 0.600. The van der Waals surface area contributed by atoms with E-state index in [-0.39, 0.29) is 28.5 Å². The number of nitro groups is 2. The molecule has 0 atom stereocenters. The molecular weight excluding hydrogens is 300 g/mol. The number of piperidine rings is 1. The summed E-state index contributed by atoms with van der Waals surface area (Å²) in [4.78, 5) is 20.8. The van der Waals surface area contributed by atoms with Crippen LogP contribution in [0, 0.1) is 20.2 Å². The molecule has 1 aliphatic rings. The number of rotatable bonds is 4. The van der Waals surface area contributed by atoms with Gasteiger partial charge in [0.1, 0.15) is 5.69 Å². The van der Waals surface area contributed by atoms with Crippen molar-refractivity contribution in [2.24, 2.45) is 0 Å². The lowest BCUT2D eigenvalue weighted by atomic mass is 9.79. The van der Waals surface area contributed by atoms with Gasteiger partial charge in [0.2, 0.25) is 0 Å². The molecule has 23 heavy (non-hydrogen) atoms. The summed E-state index contributed by atoms with van der Waals surface area (Å²) in [6.45, 7) is 8.36. The maximum absolute atomic E-state index is 11.2. The lowest BCUT2D eigenvalue weighted by Gasteiger charge is -2.46. The van der Waals surface area contributed by atoms with Gasteiger partial charge < -0.3 is 10.6 Å². The van der Waals surface area contributed by atoms with Crippen LogP contribution in [0.3, 0.4) is 0 Å². The molecule has 0 aromatic heterocycles. The number of hydrogen-bond acceptors (Lipinski definition) is 6. The zero-order valence-electron chi connectivity index (χ0n) is 13.8. The van der Waals surface area contributed by atoms with Crippen molar-refractivity contribution in [3.8, 4) is 0 Å². The van der Waals surface area contributed by atoms with Crippen LogP contribution in [0.5, 0.6) is 0 Å². The number of nitro benzene ring substituents is 2. The van der Waals surface area contributed by atoms with E-state index in [0.717, 1.165) is 18.9 Å². The highest BCUT2D eigenvalue weighted by molar-refractivity contribution is 5.65. The fourth-order valence-corrected chi connectivity index (χ4v) is 3.55. The Morgan fingerprint density at radius 2 is 1.65 bits per heavy atom. The van der Waals surface area contributed by atoms with E-state index >= 15 is 0 Å². The first-order valence-electron chi connectivity index (χ1n) is 7.48. The van der Waals surface area contributed by atoms with Gasteiger partial charge in [0, 0.05) is 23.2 Å². The molecule has 0 saturated carbocycles. The Balaban J connectivity index is 2.29. The van der Waals surface area contributed by atoms with Crippen molar-refractivity contribution in [3.05, 3.63) is 38.4 Å². The topological polar surface area (TPSA) is 110 Å². The molecule has 2 rings (SSSR count). The zero-order valence-corrected chi connectivity index (χ0v) is 13.8. The van der Waals surface area contributed by atoms with Gasteiger partial charge in [-0.05, 0) is 46.6 Å². The molecule has 1 fully saturated rings. The summed E-state index contributed by atoms with van der Waals surface area (Å²) in [7, 11) is 0. The van der Waals surface area contributed by atoms with E-state index in [1.165, 1.54) is 12.1 Å². The molecule has 126 valence electrons. The summed E-state index contributed by atoms with van der Waals surface area (Å²) >= 11 is 0. The molecule has 1 saturated heterocycles. The predicted molar refractivity (Wildman–Crippen MR) is 87.7 cm³/mol. The average molecular weight is 322 g/mol. The molecule has 0 radical (unpaired) electrons. The molecule has 8 heteroatoms. The monoisotopic (exact) mass is 322 g/mol. The van der Waals surface area contributed by atoms with E-state index in [4.69, 9.17) is 0 Å². The third-order valence-electron chi connectivity index (χ3n) is 3.94. The van der Waals surface area contributed by atoms with Crippen molar-refractivity contribution >= 4 is 17.1 Å². The minimum Gasteiger partial charge on any atom is -0.377 e. The van der Waals surface area contributed by atoms with Gasteiger partial charge >= 0.3 is 0 Å². The number of benzene rings is 1. The number of hydrogen-bond donors (Lipinski definition) is 2. The third-order valence-corrected chi connectivity index (χ3v) is 3.94. The molecule has 2 N–H and O–H groups in total. The summed E-state index contributed by atoms with van der Waals surface area (Å²) in [5.74, 6) is 0. The highest BCUT2D eigenvalue weighted by Gasteiger charge is 2.38. The summed E-state index contributed by atoms with van der Waals surface area (Å²) in [6.07, 6.45) is 1.59. The van der Waals surface area contributed by atoms with Gasteiger partial charge in [-0.15, -0.1) is 0 Å². The molecule has 1 heterocycles. The highest BCUT2D eigenvalue weighted by atomic mass is 16.6. The van der Waals surface area contributed by atoms with E-state index in [0.29, 0.717) is 5.69 Å². The Kier molecular flexibility index (Phi) is 4.30. The average Bonchev–Trinajstić information content (AvgIpc) is 2.34. The van der Waals surface area contributed by atoms with Gasteiger partial charge in [-0.2, -0.15) is 0 Å². The van der Waals surface area contributed by atoms with E-state index in [1.807, 2.05) is 0 Å². The minimum atomic E-state index is -0.631. The molecule has 0 amide bonds. The minimum absolute atomic E-state index is 0.0430. The lowest BCUT2D eigenvalue weighted by Crippen LogP contribution is -2.60. The van der Waals surface area contributed by atoms with Crippen LogP contribution in [0.15, 0.2) is 18.2 Å². The van der Waals surface area contributed by atoms with Gasteiger partial charge in [-0.3, -0.25) is 20.2 Å². The Morgan fingerprint density at radius 3 is 2.13 bits per heavy atom. The smallest absolute Gasteiger partial charge is 0.299 e. The summed E-state index contributed by atoms with van der Waals surface area (Å²) in [5, 5.41) is 28.8. The third kappa shape index (κ3) is 4.16. The van der Waals surface area contributed by atoms with E-state index in [9.17, 15) is 20.2 Å². The van der Waals surface area contributed by atoms with Gasteiger partial charge in [0.05, 0.1) is 15.9 Å². The zero-order chi connectivity index (χ0) is 17.4. The number of anilines is 1. The Bertz CT molecular complexity index is 626. The normalized spacial score (nSPS) is 20.0. The molecule has 1 aromatic carbocycles. The number of nitrogens with zero attached hydrogens (tertiary/aromatic N) is 2. The Hall–Kier alpha value is -2.22. The van der Waals surface area contributed by atoms with Crippen LogP contribution in [0.4, 0.5) is 17.1 Å². The van der Waals surface area contributed by atoms with Crippen LogP contribution in [-0.4, -0.2) is 27.0 Å². The van der Waals surface area contributed by atoms with E-state index in [1.54, 1.807) is 0 Å². The number of nitrogens with one attached hydrogen (secondary N) is 2. The van der Waals surface area contributed by atoms with Gasteiger partial charge in [0.15, 0.2) is 0 Å². The van der Waals surface area contributed by atoms with Crippen LogP contribution in [0.25, 0.3) is 0 Å². The molecule has 8 nitrogen and oxygen atoms in total. The Morgan fingerprint density at radius 1 is 1.09 bits per heavy atom. The van der Waals surface area contributed by atoms with Crippen molar-refractivity contribution in [1.29, 1.82) is 0 Å². The van der Waals surface area contributed by atoms with E-state index < -0.39 is 9.85 Å². The Labute approximate surface area is 134 Å². The van der Waals surface area contributed by atoms with Crippen molar-refractivity contribution in [2.75, 3.05) is 5.32 Å². The van der Waals surface area contributed by atoms with Crippen molar-refractivity contribution in [1.82, 2.24) is 5.32 Å². The fourth-order valence-electron chi connectivity index (χ4n) is 3.55. The van der Waals surface area contributed by atoms with E-state index in [2.05, 4.69) is 38.3 Å². The van der Waals surface area contributed by atoms with Crippen molar-refractivity contribution in [2.45, 2.75) is 57.7 Å². The first kappa shape index (κ1) is 17.1. The van der Waals surface area contributed by atoms with Crippen molar-refractivity contribution < 1.29 is 9.85 Å². The molecule has 0 bridgehead atoms. The first-order valence-corrected chi connectivity index (χ1v) is 7.48. The summed E-state index contributed by atoms with van der Waals surface area (Å²) in [5.41, 5.74) is -0.440. The molecule has 0 spiro atoms. The molecule has 1 aromatic rings. The van der Waals surface area contributed by atoms with Crippen LogP contribution in [0.1, 0.15) is 40.5 Å². The van der Waals surface area contributed by atoms with Crippen LogP contribution >= 0.6 is 0 Å². The molecular formula is C15H22N4O4. The van der Waals surface area contributed by atoms with Crippen LogP contribution in [0.2, 0.25) is 0 Å². The maximum Gasteiger partial charge on any atom is 0.299 e. The standard InChI is InChI=1S/C15H22N4O4/c1-14(2)8-10(9-15(3,4)17-14)16-12-6-5-11(18(20)21)7-13(12)19(22)23/h5-7,10,16-17H,8-9H2,1-4H3. The lowest BCUT2D eigenvalue weighted by molar-refractivity contribution is -0.393. The molecule has 0 aliphatic carbocycles. The predicted octanol–water partition coefficient (Wildman–Crippen LogP) is 3.22. The second kappa shape index (κ2) is 5.77. The SMILES string of the molecule is CC1(C)CC(Nc2ccc([N+](=O)[O-])cc2[N+](=O)[O-])CC(C)(C)N1. The summed E-state index contributed by atoms with van der Waals surface area (Å²) in [6, 6.07) is 3.74. The largest absolute Gasteiger partial charge is 0.377 e. The molecule has 0 unspecified atom stereocenters. The quantitative estimate of drug-likeness (QED) is 0.650. The second-order valence-electron chi connectivity index (χ2n) is 7.36. The van der Waals surface area contributed by atoms with Gasteiger partial charge in [-0.25, -0.2) is 0 Å². The highest BCUT2D eigenvalue weighted by Crippen LogP contribution is 2.34. The maximum atomic E-state index is 11.2. The van der Waals surface area contributed by atoms with Gasteiger partial charge in [0.25, 0.3) is 11.4 Å². The summed E-state index contributed by atoms with van der Waals surface area (Å²) < 4.78 is 0. The van der Waals surface area contributed by atoms with Gasteiger partial charge in [-0.1, -0.05) is 0 Å². The molecule has 1 aliphatic heterocycles.